The van der Waals surface area contributed by atoms with Crippen molar-refractivity contribution in [3.63, 3.8) is 0 Å². The van der Waals surface area contributed by atoms with Gasteiger partial charge in [-0.3, -0.25) is 62.9 Å². The number of nitrogens with one attached hydrogen (secondary N) is 14. The first-order chi connectivity index (χ1) is 52.0. The zero-order valence-electron chi connectivity index (χ0n) is 60.9. The van der Waals surface area contributed by atoms with Gasteiger partial charge in [0.1, 0.15) is 95.2 Å². The van der Waals surface area contributed by atoms with Crippen molar-refractivity contribution in [3.8, 4) is 28.7 Å². The molecule has 0 aromatic heterocycles. The van der Waals surface area contributed by atoms with Crippen LogP contribution in [0.5, 0.6) is 28.7 Å². The molecule has 0 aliphatic heterocycles. The van der Waals surface area contributed by atoms with Crippen LogP contribution >= 0.6 is 12.6 Å². The van der Waals surface area contributed by atoms with Crippen molar-refractivity contribution in [1.29, 1.82) is 5.41 Å². The number of carboxylic acids is 1. The summed E-state index contributed by atoms with van der Waals surface area (Å²) in [6.07, 6.45) is -2.62. The molecule has 0 aliphatic rings. The van der Waals surface area contributed by atoms with Gasteiger partial charge in [0.05, 0.1) is 19.2 Å². The number of phenolic OH excluding ortho intramolecular Hbond substituents is 5. The average molecular weight is 1550 g/mol. The Morgan fingerprint density at radius 2 is 0.682 bits per heavy atom. The number of aliphatic hydroxyl groups excluding tert-OH is 1. The molecule has 110 heavy (non-hydrogen) atoms. The molecule has 0 spiro atoms. The van der Waals surface area contributed by atoms with Crippen LogP contribution in [0.2, 0.25) is 0 Å². The molecule has 5 aromatic rings. The number of aromatic hydroxyl groups is 5. The third-order valence-electron chi connectivity index (χ3n) is 16.9. The van der Waals surface area contributed by atoms with Gasteiger partial charge < -0.3 is 116 Å². The summed E-state index contributed by atoms with van der Waals surface area (Å²) in [5.74, 6) is -14.7. The van der Waals surface area contributed by atoms with E-state index in [-0.39, 0.29) is 80.2 Å². The standard InChI is InChI=1S/C73H96N16O20S/c1-37(2)61(89-63(99)39(4)81-70(106)60(74)40(5)90)71(107)86-55(32-44-14-24-49(94)25-15-44)67(103)85-54(31-43-12-22-48(93)23-13-43)68(104)88-57(36-110)69(105)80-38(3)62(98)84-51(7-6-28-77-73(75)76)64(100)78-34-58(96)82-52(29-41-8-18-46(91)19-9-41)65(101)79-35-59(97)83-53(30-42-10-20-47(92)21-11-42)66(102)87-56(72(108)109)33-45-16-26-50(95)27-17-45/h8-27,37-40,51-57,60-61,90-95,110H,6-7,28-36,74H2,1-5H3,(H,78,100)(H,79,101)(H,80,105)(H,81,106)(H,82,96)(H,83,97)(H,84,98)(H,85,103)(H,86,107)(H,87,102)(H,88,104)(H,89,99)(H,108,109)(H4,75,76,77)/t38-,39-,40+,51-,52-,53-,54-,55-,56-,57-,60-,61-/m0/s1. The second-order valence-electron chi connectivity index (χ2n) is 26.3. The first kappa shape index (κ1) is 88.4. The molecule has 37 heteroatoms. The fourth-order valence-electron chi connectivity index (χ4n) is 10.6. The Balaban J connectivity index is 1.28. The molecule has 0 heterocycles. The van der Waals surface area contributed by atoms with Crippen molar-refractivity contribution in [2.45, 2.75) is 152 Å². The third kappa shape index (κ3) is 30.2. The minimum absolute atomic E-state index is 0.0169. The van der Waals surface area contributed by atoms with Crippen molar-refractivity contribution in [1.82, 2.24) is 69.1 Å². The van der Waals surface area contributed by atoms with Crippen molar-refractivity contribution < 1.29 is 98.1 Å². The normalized spacial score (nSPS) is 14.3. The fraction of sp³-hybridized carbons (Fsp3) is 0.397. The minimum Gasteiger partial charge on any atom is -0.508 e. The molecule has 0 unspecified atom stereocenters. The number of hydrogen-bond donors (Lipinski definition) is 24. The number of aliphatic carboxylic acids is 1. The van der Waals surface area contributed by atoms with E-state index in [0.717, 1.165) is 0 Å². The Bertz CT molecular complexity index is 4010. The highest BCUT2D eigenvalue weighted by atomic mass is 32.1. The van der Waals surface area contributed by atoms with Crippen LogP contribution in [0.25, 0.3) is 0 Å². The second-order valence-corrected chi connectivity index (χ2v) is 26.7. The maximum atomic E-state index is 14.6. The topological polar surface area (TPSA) is 596 Å². The number of phenols is 5. The van der Waals surface area contributed by atoms with E-state index in [0.29, 0.717) is 27.8 Å². The summed E-state index contributed by atoms with van der Waals surface area (Å²) in [5.41, 5.74) is 13.2. The first-order valence-corrected chi connectivity index (χ1v) is 35.4. The number of rotatable bonds is 42. The highest BCUT2D eigenvalue weighted by Gasteiger charge is 2.36. The molecule has 12 atom stereocenters. The molecule has 0 saturated carbocycles. The lowest BCUT2D eigenvalue weighted by atomic mass is 9.99. The monoisotopic (exact) mass is 1550 g/mol. The van der Waals surface area contributed by atoms with Crippen LogP contribution in [0.15, 0.2) is 121 Å². The number of benzene rings is 5. The number of hydrogen-bond acceptors (Lipinski definition) is 22. The van der Waals surface area contributed by atoms with E-state index < -0.39 is 180 Å². The van der Waals surface area contributed by atoms with Crippen molar-refractivity contribution >= 4 is 95.4 Å². The van der Waals surface area contributed by atoms with E-state index >= 15 is 0 Å². The van der Waals surface area contributed by atoms with Gasteiger partial charge in [-0.25, -0.2) is 4.79 Å². The molecular formula is C73H96N16O20S. The first-order valence-electron chi connectivity index (χ1n) is 34.8. The summed E-state index contributed by atoms with van der Waals surface area (Å²) < 4.78 is 0. The number of amides is 12. The smallest absolute Gasteiger partial charge is 0.326 e. The van der Waals surface area contributed by atoms with Crippen LogP contribution in [0.3, 0.4) is 0 Å². The number of carbonyl (C=O) groups is 13. The third-order valence-corrected chi connectivity index (χ3v) is 17.3. The van der Waals surface area contributed by atoms with E-state index in [1.807, 2.05) is 0 Å². The van der Waals surface area contributed by atoms with Crippen molar-refractivity contribution in [2.75, 3.05) is 25.4 Å². The zero-order valence-corrected chi connectivity index (χ0v) is 61.8. The van der Waals surface area contributed by atoms with Crippen LogP contribution < -0.4 is 80.6 Å². The van der Waals surface area contributed by atoms with Gasteiger partial charge in [-0.1, -0.05) is 74.5 Å². The van der Waals surface area contributed by atoms with E-state index in [4.69, 9.17) is 16.9 Å². The Kier molecular flexibility index (Phi) is 35.0. The molecule has 0 saturated heterocycles. The molecule has 12 amide bonds. The zero-order chi connectivity index (χ0) is 81.5. The Labute approximate surface area is 638 Å². The van der Waals surface area contributed by atoms with Crippen molar-refractivity contribution in [3.05, 3.63) is 149 Å². The van der Waals surface area contributed by atoms with E-state index in [2.05, 4.69) is 81.7 Å². The minimum atomic E-state index is -1.57. The van der Waals surface area contributed by atoms with Gasteiger partial charge in [0.2, 0.25) is 70.9 Å². The van der Waals surface area contributed by atoms with Gasteiger partial charge in [-0.2, -0.15) is 12.6 Å². The number of carbonyl (C=O) groups excluding carboxylic acids is 12. The molecule has 5 rings (SSSR count). The molecule has 25 N–H and O–H groups in total. The summed E-state index contributed by atoms with van der Waals surface area (Å²) in [5, 5.41) is 110. The summed E-state index contributed by atoms with van der Waals surface area (Å²) >= 11 is 4.29. The number of aliphatic hydroxyl groups is 1. The fourth-order valence-corrected chi connectivity index (χ4v) is 10.9. The molecular weight excluding hydrogens is 1450 g/mol. The number of thiol groups is 1. The molecule has 0 radical (unpaired) electrons. The second kappa shape index (κ2) is 43.5. The van der Waals surface area contributed by atoms with E-state index in [9.17, 15) is 98.1 Å². The summed E-state index contributed by atoms with van der Waals surface area (Å²) in [4.78, 5) is 179. The van der Waals surface area contributed by atoms with Crippen LogP contribution in [0, 0.1) is 11.3 Å². The van der Waals surface area contributed by atoms with Crippen molar-refractivity contribution in [2.24, 2.45) is 17.4 Å². The van der Waals surface area contributed by atoms with E-state index in [1.165, 1.54) is 142 Å². The predicted molar refractivity (Wildman–Crippen MR) is 401 cm³/mol. The molecule has 0 fully saturated rings. The summed E-state index contributed by atoms with van der Waals surface area (Å²) in [6, 6.07) is 11.7. The Morgan fingerprint density at radius 1 is 0.382 bits per heavy atom. The van der Waals surface area contributed by atoms with Crippen LogP contribution in [0.1, 0.15) is 75.3 Å². The van der Waals surface area contributed by atoms with Gasteiger partial charge >= 0.3 is 5.97 Å². The van der Waals surface area contributed by atoms with Gasteiger partial charge in [0.25, 0.3) is 0 Å². The molecule has 594 valence electrons. The Hall–Kier alpha value is -12.3. The maximum Gasteiger partial charge on any atom is 0.326 e. The van der Waals surface area contributed by atoms with Crippen LogP contribution in [-0.2, 0) is 94.4 Å². The molecule has 0 bridgehead atoms. The highest BCUT2D eigenvalue weighted by molar-refractivity contribution is 7.80. The lowest BCUT2D eigenvalue weighted by Gasteiger charge is -2.28. The Morgan fingerprint density at radius 3 is 1.04 bits per heavy atom. The SMILES string of the molecule is CC(C)[C@H](NC(=O)[C@H](C)NC(=O)[C@@H](N)[C@@H](C)O)C(=O)N[C@@H](Cc1ccc(O)cc1)C(=O)N[C@@H](Cc1ccc(O)cc1)C(=O)N[C@@H](CS)C(=O)N[C@@H](C)C(=O)N[C@@H](CCCNC(=N)N)C(=O)NCC(=O)N[C@@H](Cc1ccc(O)cc1)C(=O)NCC(=O)N[C@@H](Cc1ccc(O)cc1)C(=O)N[C@@H](Cc1ccc(O)cc1)C(=O)O. The quantitative estimate of drug-likeness (QED) is 0.00780. The van der Waals surface area contributed by atoms with Gasteiger partial charge in [0.15, 0.2) is 5.96 Å². The van der Waals surface area contributed by atoms with Gasteiger partial charge in [-0.15, -0.1) is 0 Å². The summed E-state index contributed by atoms with van der Waals surface area (Å²) in [7, 11) is 0. The lowest BCUT2D eigenvalue weighted by Crippen LogP contribution is -2.61. The number of guanidine groups is 1. The lowest BCUT2D eigenvalue weighted by molar-refractivity contribution is -0.142. The van der Waals surface area contributed by atoms with E-state index in [1.54, 1.807) is 13.8 Å². The van der Waals surface area contributed by atoms with Gasteiger partial charge in [0, 0.05) is 44.4 Å². The number of nitrogens with two attached hydrogens (primary N) is 2. The van der Waals surface area contributed by atoms with Crippen LogP contribution in [-0.4, -0.2) is 217 Å². The molecule has 36 nitrogen and oxygen atoms in total. The van der Waals surface area contributed by atoms with Gasteiger partial charge in [-0.05, 0) is 128 Å². The van der Waals surface area contributed by atoms with Crippen LogP contribution in [0.4, 0.5) is 0 Å². The number of carboxylic acid groups (broad SMARTS) is 1. The maximum absolute atomic E-state index is 14.6. The largest absolute Gasteiger partial charge is 0.508 e. The highest BCUT2D eigenvalue weighted by Crippen LogP contribution is 2.18. The predicted octanol–water partition coefficient (Wildman–Crippen LogP) is -3.51. The molecule has 0 aliphatic carbocycles. The molecule has 5 aromatic carbocycles. The average Bonchev–Trinajstić information content (AvgIpc) is 0.844. The summed E-state index contributed by atoms with van der Waals surface area (Å²) in [6.45, 7) is 5.39.